The van der Waals surface area contributed by atoms with Gasteiger partial charge in [-0.1, -0.05) is 38.3 Å². The number of benzene rings is 2. The molecule has 0 radical (unpaired) electrons. The van der Waals surface area contributed by atoms with Crippen LogP contribution in [0.25, 0.3) is 0 Å². The third-order valence-corrected chi connectivity index (χ3v) is 6.89. The van der Waals surface area contributed by atoms with E-state index in [1.165, 1.54) is 51.2 Å². The third-order valence-electron chi connectivity index (χ3n) is 6.23. The van der Waals surface area contributed by atoms with E-state index in [1.807, 2.05) is 0 Å². The number of hydrogen-bond donors (Lipinski definition) is 1. The molecular formula is C27H33BrN2O6. The predicted octanol–water partition coefficient (Wildman–Crippen LogP) is 5.13. The Morgan fingerprint density at radius 2 is 1.69 bits per heavy atom. The summed E-state index contributed by atoms with van der Waals surface area (Å²) in [5.41, 5.74) is 8.29. The fourth-order valence-electron chi connectivity index (χ4n) is 4.40. The first-order valence-corrected chi connectivity index (χ1v) is 13.0. The van der Waals surface area contributed by atoms with Crippen LogP contribution in [0.1, 0.15) is 72.2 Å². The van der Waals surface area contributed by atoms with E-state index in [1.54, 1.807) is 24.3 Å². The van der Waals surface area contributed by atoms with Gasteiger partial charge in [0, 0.05) is 24.0 Å². The average Bonchev–Trinajstić information content (AvgIpc) is 2.87. The summed E-state index contributed by atoms with van der Waals surface area (Å²) in [6.45, 7) is 4.69. The summed E-state index contributed by atoms with van der Waals surface area (Å²) in [5.74, 6) is -1.64. The minimum absolute atomic E-state index is 0.112. The van der Waals surface area contributed by atoms with Crippen molar-refractivity contribution < 1.29 is 28.6 Å². The van der Waals surface area contributed by atoms with E-state index >= 15 is 0 Å². The van der Waals surface area contributed by atoms with Crippen LogP contribution in [0.15, 0.2) is 40.9 Å². The van der Waals surface area contributed by atoms with Crippen molar-refractivity contribution in [2.24, 2.45) is 0 Å². The molecule has 0 saturated heterocycles. The van der Waals surface area contributed by atoms with Crippen molar-refractivity contribution in [3.05, 3.63) is 57.6 Å². The maximum Gasteiger partial charge on any atom is 0.342 e. The monoisotopic (exact) mass is 560 g/mol. The molecule has 0 bridgehead atoms. The smallest absolute Gasteiger partial charge is 0.342 e. The number of ether oxygens (including phenoxy) is 3. The number of carbonyl (C=O) groups is 3. The zero-order chi connectivity index (χ0) is 26.1. The lowest BCUT2D eigenvalue weighted by atomic mass is 9.93. The van der Waals surface area contributed by atoms with Gasteiger partial charge in [-0.25, -0.2) is 9.59 Å². The van der Waals surface area contributed by atoms with Crippen molar-refractivity contribution in [2.45, 2.75) is 58.5 Å². The maximum absolute atomic E-state index is 12.7. The van der Waals surface area contributed by atoms with E-state index in [0.29, 0.717) is 28.3 Å². The summed E-state index contributed by atoms with van der Waals surface area (Å²) in [7, 11) is 0. The number of halogens is 1. The Kier molecular flexibility index (Phi) is 10.3. The van der Waals surface area contributed by atoms with Crippen molar-refractivity contribution in [1.82, 2.24) is 4.90 Å². The van der Waals surface area contributed by atoms with Crippen LogP contribution < -0.4 is 10.5 Å². The van der Waals surface area contributed by atoms with Gasteiger partial charge in [-0.3, -0.25) is 9.69 Å². The van der Waals surface area contributed by atoms with Crippen LogP contribution in [0.5, 0.6) is 5.75 Å². The minimum Gasteiger partial charge on any atom is -0.458 e. The van der Waals surface area contributed by atoms with Gasteiger partial charge in [0.05, 0.1) is 11.3 Å². The number of hydrogen-bond acceptors (Lipinski definition) is 8. The molecule has 36 heavy (non-hydrogen) atoms. The zero-order valence-electron chi connectivity index (χ0n) is 20.8. The second-order valence-electron chi connectivity index (χ2n) is 8.75. The quantitative estimate of drug-likeness (QED) is 0.184. The van der Waals surface area contributed by atoms with Gasteiger partial charge < -0.3 is 19.9 Å². The summed E-state index contributed by atoms with van der Waals surface area (Å²) in [5, 5.41) is 0. The Hall–Kier alpha value is -2.91. The molecule has 2 N–H and O–H groups in total. The largest absolute Gasteiger partial charge is 0.458 e. The van der Waals surface area contributed by atoms with E-state index in [-0.39, 0.29) is 24.5 Å². The Balaban J connectivity index is 1.58. The molecule has 3 rings (SSSR count). The predicted molar refractivity (Wildman–Crippen MR) is 140 cm³/mol. The van der Waals surface area contributed by atoms with Gasteiger partial charge in [-0.05, 0) is 65.1 Å². The molecule has 1 aliphatic rings. The van der Waals surface area contributed by atoms with E-state index < -0.39 is 17.9 Å². The number of nitrogens with zero attached hydrogens (tertiary/aromatic N) is 1. The molecular weight excluding hydrogens is 528 g/mol. The van der Waals surface area contributed by atoms with Gasteiger partial charge in [-0.2, -0.15) is 0 Å². The molecule has 0 unspecified atom stereocenters. The Morgan fingerprint density at radius 3 is 2.36 bits per heavy atom. The lowest BCUT2D eigenvalue weighted by molar-refractivity contribution is -0.131. The van der Waals surface area contributed by atoms with Gasteiger partial charge in [0.1, 0.15) is 24.5 Å². The number of nitrogens with two attached hydrogens (primary N) is 1. The lowest BCUT2D eigenvalue weighted by Gasteiger charge is -2.34. The second kappa shape index (κ2) is 13.4. The summed E-state index contributed by atoms with van der Waals surface area (Å²) >= 11 is 3.47. The Morgan fingerprint density at radius 1 is 1.03 bits per heavy atom. The van der Waals surface area contributed by atoms with Crippen molar-refractivity contribution in [3.8, 4) is 5.75 Å². The average molecular weight is 561 g/mol. The van der Waals surface area contributed by atoms with Gasteiger partial charge in [0.2, 0.25) is 0 Å². The summed E-state index contributed by atoms with van der Waals surface area (Å²) < 4.78 is 16.2. The van der Waals surface area contributed by atoms with Crippen LogP contribution in [0.4, 0.5) is 5.69 Å². The molecule has 1 fully saturated rings. The Labute approximate surface area is 220 Å². The van der Waals surface area contributed by atoms with Crippen LogP contribution in [0, 0.1) is 0 Å². The van der Waals surface area contributed by atoms with Crippen LogP contribution >= 0.6 is 15.9 Å². The molecule has 1 aliphatic carbocycles. The maximum atomic E-state index is 12.7. The number of para-hydroxylation sites is 1. The number of nitrogen functional groups attached to an aromatic ring is 1. The zero-order valence-corrected chi connectivity index (χ0v) is 22.3. The first-order chi connectivity index (χ1) is 17.3. The van der Waals surface area contributed by atoms with E-state index in [0.717, 1.165) is 12.1 Å². The molecule has 0 heterocycles. The van der Waals surface area contributed by atoms with Crippen molar-refractivity contribution in [3.63, 3.8) is 0 Å². The molecule has 9 heteroatoms. The molecule has 0 amide bonds. The molecule has 1 saturated carbocycles. The van der Waals surface area contributed by atoms with Crippen LogP contribution in [-0.4, -0.2) is 48.6 Å². The van der Waals surface area contributed by atoms with E-state index in [9.17, 15) is 14.4 Å². The highest BCUT2D eigenvalue weighted by Crippen LogP contribution is 2.30. The Bertz CT molecular complexity index is 1080. The molecule has 0 aliphatic heterocycles. The summed E-state index contributed by atoms with van der Waals surface area (Å²) in [6, 6.07) is 10.2. The fourth-order valence-corrected chi connectivity index (χ4v) is 4.90. The van der Waals surface area contributed by atoms with Crippen molar-refractivity contribution in [2.75, 3.05) is 25.5 Å². The summed E-state index contributed by atoms with van der Waals surface area (Å²) in [6.07, 6.45) is 6.14. The standard InChI is InChI=1S/C27H33BrN2O6/c1-3-30(21-9-5-4-6-10-21)17-20-15-19(16-23(28)25(20)29)26(32)34-13-14-35-27(33)22-11-7-8-12-24(22)36-18(2)31/h7-8,11-12,15-16,21H,3-6,9-10,13-14,17,29H2,1-2H3. The lowest BCUT2D eigenvalue weighted by Crippen LogP contribution is -2.36. The van der Waals surface area contributed by atoms with Gasteiger partial charge >= 0.3 is 17.9 Å². The molecule has 194 valence electrons. The van der Waals surface area contributed by atoms with Crippen LogP contribution in [-0.2, 0) is 20.8 Å². The number of anilines is 1. The van der Waals surface area contributed by atoms with Crippen LogP contribution in [0.2, 0.25) is 0 Å². The molecule has 8 nitrogen and oxygen atoms in total. The molecule has 2 aromatic rings. The first-order valence-electron chi connectivity index (χ1n) is 12.2. The molecule has 0 atom stereocenters. The fraction of sp³-hybridized carbons (Fsp3) is 0.444. The second-order valence-corrected chi connectivity index (χ2v) is 9.60. The van der Waals surface area contributed by atoms with Crippen LogP contribution in [0.3, 0.4) is 0 Å². The molecule has 0 aromatic heterocycles. The number of esters is 3. The minimum atomic E-state index is -0.678. The number of rotatable bonds is 10. The van der Waals surface area contributed by atoms with Gasteiger partial charge in [-0.15, -0.1) is 0 Å². The van der Waals surface area contributed by atoms with Crippen molar-refractivity contribution >= 4 is 39.5 Å². The normalized spacial score (nSPS) is 13.9. The van der Waals surface area contributed by atoms with E-state index in [4.69, 9.17) is 19.9 Å². The topological polar surface area (TPSA) is 108 Å². The van der Waals surface area contributed by atoms with Gasteiger partial charge in [0.15, 0.2) is 0 Å². The summed E-state index contributed by atoms with van der Waals surface area (Å²) in [4.78, 5) is 38.7. The van der Waals surface area contributed by atoms with Crippen molar-refractivity contribution in [1.29, 1.82) is 0 Å². The highest BCUT2D eigenvalue weighted by Gasteiger charge is 2.22. The number of carbonyl (C=O) groups excluding carboxylic acids is 3. The van der Waals surface area contributed by atoms with Gasteiger partial charge in [0.25, 0.3) is 0 Å². The SMILES string of the molecule is CCN(Cc1cc(C(=O)OCCOC(=O)c2ccccc2OC(C)=O)cc(Br)c1N)C1CCCCC1. The first kappa shape index (κ1) is 27.7. The highest BCUT2D eigenvalue weighted by atomic mass is 79.9. The molecule has 0 spiro atoms. The third kappa shape index (κ3) is 7.54. The highest BCUT2D eigenvalue weighted by molar-refractivity contribution is 9.10. The van der Waals surface area contributed by atoms with E-state index in [2.05, 4.69) is 27.8 Å². The molecule has 2 aromatic carbocycles.